The molecule has 0 radical (unpaired) electrons. The van der Waals surface area contributed by atoms with Crippen molar-refractivity contribution in [2.45, 2.75) is 33.7 Å². The fraction of sp³-hybridized carbons (Fsp3) is 0.156. The van der Waals surface area contributed by atoms with Gasteiger partial charge in [-0.15, -0.1) is 11.3 Å². The number of para-hydroxylation sites is 1. The van der Waals surface area contributed by atoms with Gasteiger partial charge in [-0.1, -0.05) is 54.6 Å². The van der Waals surface area contributed by atoms with Crippen LogP contribution in [0.5, 0.6) is 0 Å². The summed E-state index contributed by atoms with van der Waals surface area (Å²) in [5.74, 6) is -1.51. The molecule has 194 valence electrons. The van der Waals surface area contributed by atoms with Crippen molar-refractivity contribution in [3.8, 4) is 10.6 Å². The molecule has 2 N–H and O–H groups in total. The monoisotopic (exact) mass is 533 g/mol. The normalized spacial score (nSPS) is 15.5. The molecule has 0 bridgehead atoms. The Bertz CT molecular complexity index is 1810. The molecule has 6 nitrogen and oxygen atoms in total. The number of H-pyrrole nitrogens is 1. The van der Waals surface area contributed by atoms with Crippen molar-refractivity contribution >= 4 is 39.6 Å². The van der Waals surface area contributed by atoms with Crippen LogP contribution in [0.15, 0.2) is 84.1 Å². The summed E-state index contributed by atoms with van der Waals surface area (Å²) < 4.78 is 0. The second-order valence-corrected chi connectivity index (χ2v) is 10.9. The van der Waals surface area contributed by atoms with Crippen LogP contribution in [0.4, 0.5) is 5.69 Å². The Hall–Kier alpha value is -4.49. The number of ketones is 1. The largest absolute Gasteiger partial charge is 0.503 e. The molecular weight excluding hydrogens is 506 g/mol. The molecule has 0 saturated carbocycles. The van der Waals surface area contributed by atoms with Crippen molar-refractivity contribution in [3.63, 3.8) is 0 Å². The van der Waals surface area contributed by atoms with Crippen molar-refractivity contribution in [1.82, 2.24) is 9.97 Å². The molecule has 6 rings (SSSR count). The number of anilines is 1. The zero-order chi connectivity index (χ0) is 27.4. The van der Waals surface area contributed by atoms with Gasteiger partial charge in [-0.3, -0.25) is 14.5 Å². The van der Waals surface area contributed by atoms with E-state index >= 15 is 0 Å². The standard InChI is InChI=1S/C32H27N3O3S/c1-17-14-15-22(16-18(17)2)35-27(25-19(3)33-24-13-9-8-12-23(24)25)26(29(37)32(35)38)28(36)30-20(4)34-31(39-30)21-10-6-5-7-11-21/h5-16,27,33,37H,1-4H3. The third kappa shape index (κ3) is 3.97. The number of aliphatic hydroxyl groups excluding tert-OH is 1. The fourth-order valence-electron chi connectivity index (χ4n) is 5.34. The number of nitrogens with one attached hydrogen (secondary N) is 1. The molecule has 0 fully saturated rings. The van der Waals surface area contributed by atoms with Crippen molar-refractivity contribution in [2.75, 3.05) is 4.90 Å². The van der Waals surface area contributed by atoms with Gasteiger partial charge >= 0.3 is 0 Å². The minimum atomic E-state index is -0.815. The zero-order valence-corrected chi connectivity index (χ0v) is 22.9. The van der Waals surface area contributed by atoms with E-state index in [1.54, 1.807) is 11.8 Å². The SMILES string of the molecule is Cc1ccc(N2C(=O)C(O)=C(C(=O)c3sc(-c4ccccc4)nc3C)C2c2c(C)[nH]c3ccccc23)cc1C. The van der Waals surface area contributed by atoms with Crippen LogP contribution in [0.1, 0.15) is 43.8 Å². The Morgan fingerprint density at radius 2 is 1.67 bits per heavy atom. The van der Waals surface area contributed by atoms with E-state index in [1.165, 1.54) is 11.3 Å². The maximum Gasteiger partial charge on any atom is 0.294 e. The average molecular weight is 534 g/mol. The molecule has 1 unspecified atom stereocenters. The summed E-state index contributed by atoms with van der Waals surface area (Å²) in [4.78, 5) is 38.1. The molecule has 5 aromatic rings. The quantitative estimate of drug-likeness (QED) is 0.232. The maximum atomic E-state index is 14.3. The van der Waals surface area contributed by atoms with Gasteiger partial charge < -0.3 is 10.1 Å². The topological polar surface area (TPSA) is 86.3 Å². The molecule has 1 aliphatic rings. The summed E-state index contributed by atoms with van der Waals surface area (Å²) in [5.41, 5.74) is 6.78. The van der Waals surface area contributed by atoms with Crippen LogP contribution in [0.25, 0.3) is 21.5 Å². The lowest BCUT2D eigenvalue weighted by atomic mass is 9.92. The predicted octanol–water partition coefficient (Wildman–Crippen LogP) is 7.31. The highest BCUT2D eigenvalue weighted by Gasteiger charge is 2.46. The molecule has 3 heterocycles. The predicted molar refractivity (Wildman–Crippen MR) is 155 cm³/mol. The number of aromatic nitrogens is 2. The second-order valence-electron chi connectivity index (χ2n) is 9.95. The highest BCUT2D eigenvalue weighted by atomic mass is 32.1. The Labute approximate surface area is 230 Å². The number of aliphatic hydroxyl groups is 1. The van der Waals surface area contributed by atoms with Crippen LogP contribution < -0.4 is 4.90 Å². The third-order valence-electron chi connectivity index (χ3n) is 7.46. The third-order valence-corrected chi connectivity index (χ3v) is 8.67. The first-order valence-electron chi connectivity index (χ1n) is 12.7. The molecule has 2 aromatic heterocycles. The van der Waals surface area contributed by atoms with Gasteiger partial charge in [-0.2, -0.15) is 0 Å². The number of aromatic amines is 1. The first-order valence-corrected chi connectivity index (χ1v) is 13.6. The van der Waals surface area contributed by atoms with Crippen molar-refractivity contribution in [3.05, 3.63) is 117 Å². The highest BCUT2D eigenvalue weighted by Crippen LogP contribution is 2.46. The summed E-state index contributed by atoms with van der Waals surface area (Å²) >= 11 is 1.28. The van der Waals surface area contributed by atoms with Crippen molar-refractivity contribution in [2.24, 2.45) is 0 Å². The van der Waals surface area contributed by atoms with Crippen LogP contribution in [-0.2, 0) is 4.79 Å². The van der Waals surface area contributed by atoms with E-state index in [0.29, 0.717) is 21.3 Å². The Morgan fingerprint density at radius 3 is 2.41 bits per heavy atom. The molecule has 1 atom stereocenters. The molecule has 7 heteroatoms. The van der Waals surface area contributed by atoms with Gasteiger partial charge in [-0.25, -0.2) is 4.98 Å². The van der Waals surface area contributed by atoms with Crippen molar-refractivity contribution < 1.29 is 14.7 Å². The summed E-state index contributed by atoms with van der Waals surface area (Å²) in [6, 6.07) is 22.4. The summed E-state index contributed by atoms with van der Waals surface area (Å²) in [5, 5.41) is 12.9. The maximum absolute atomic E-state index is 14.3. The molecule has 3 aromatic carbocycles. The number of amides is 1. The van der Waals surface area contributed by atoms with Crippen LogP contribution in [0, 0.1) is 27.7 Å². The molecule has 39 heavy (non-hydrogen) atoms. The number of hydrogen-bond donors (Lipinski definition) is 2. The Balaban J connectivity index is 1.55. The first kappa shape index (κ1) is 24.8. The molecule has 0 spiro atoms. The second kappa shape index (κ2) is 9.36. The van der Waals surface area contributed by atoms with Crippen molar-refractivity contribution in [1.29, 1.82) is 0 Å². The van der Waals surface area contributed by atoms with Gasteiger partial charge in [0.2, 0.25) is 5.78 Å². The number of carbonyl (C=O) groups is 2. The van der Waals surface area contributed by atoms with Gasteiger partial charge in [0.15, 0.2) is 5.76 Å². The number of carbonyl (C=O) groups excluding carboxylic acids is 2. The smallest absolute Gasteiger partial charge is 0.294 e. The summed E-state index contributed by atoms with van der Waals surface area (Å²) in [6.45, 7) is 7.71. The number of nitrogens with zero attached hydrogens (tertiary/aromatic N) is 2. The van der Waals surface area contributed by atoms with Crippen LogP contribution in [0.3, 0.4) is 0 Å². The lowest BCUT2D eigenvalue weighted by Gasteiger charge is -2.27. The highest BCUT2D eigenvalue weighted by molar-refractivity contribution is 7.17. The van der Waals surface area contributed by atoms with Gasteiger partial charge in [-0.05, 0) is 57.0 Å². The summed E-state index contributed by atoms with van der Waals surface area (Å²) in [6.07, 6.45) is 0. The number of aryl methyl sites for hydroxylation is 4. The Kier molecular flexibility index (Phi) is 5.96. The molecule has 0 aliphatic carbocycles. The average Bonchev–Trinajstić information content (AvgIpc) is 3.56. The van der Waals surface area contributed by atoms with E-state index < -0.39 is 17.7 Å². The zero-order valence-electron chi connectivity index (χ0n) is 22.1. The number of fused-ring (bicyclic) bond motifs is 1. The molecule has 1 aliphatic heterocycles. The molecular formula is C32H27N3O3S. The van der Waals surface area contributed by atoms with E-state index in [2.05, 4.69) is 9.97 Å². The lowest BCUT2D eigenvalue weighted by Crippen LogP contribution is -2.31. The van der Waals surface area contributed by atoms with E-state index in [9.17, 15) is 14.7 Å². The summed E-state index contributed by atoms with van der Waals surface area (Å²) in [7, 11) is 0. The van der Waals surface area contributed by atoms with E-state index in [0.717, 1.165) is 38.9 Å². The lowest BCUT2D eigenvalue weighted by molar-refractivity contribution is -0.117. The van der Waals surface area contributed by atoms with Gasteiger partial charge in [0.05, 0.1) is 22.2 Å². The van der Waals surface area contributed by atoms with Crippen LogP contribution in [0.2, 0.25) is 0 Å². The van der Waals surface area contributed by atoms with E-state index in [4.69, 9.17) is 0 Å². The van der Waals surface area contributed by atoms with E-state index in [1.807, 2.05) is 93.6 Å². The van der Waals surface area contributed by atoms with Gasteiger partial charge in [0.25, 0.3) is 5.91 Å². The number of benzene rings is 3. The van der Waals surface area contributed by atoms with Gasteiger partial charge in [0.1, 0.15) is 5.01 Å². The van der Waals surface area contributed by atoms with E-state index in [-0.39, 0.29) is 11.4 Å². The minimum absolute atomic E-state index is 0.0671. The van der Waals surface area contributed by atoms with Crippen LogP contribution >= 0.6 is 11.3 Å². The van der Waals surface area contributed by atoms with Gasteiger partial charge in [0, 0.05) is 33.4 Å². The van der Waals surface area contributed by atoms with Crippen LogP contribution in [-0.4, -0.2) is 26.8 Å². The number of hydrogen-bond acceptors (Lipinski definition) is 5. The Morgan fingerprint density at radius 1 is 0.949 bits per heavy atom. The number of rotatable bonds is 5. The fourth-order valence-corrected chi connectivity index (χ4v) is 6.36. The minimum Gasteiger partial charge on any atom is -0.503 e. The first-order chi connectivity index (χ1) is 18.8. The molecule has 0 saturated heterocycles. The number of Topliss-reactive ketones (excluding diaryl/α,β-unsaturated/α-hetero) is 1. The molecule has 1 amide bonds. The number of thiazole rings is 1.